The van der Waals surface area contributed by atoms with Gasteiger partial charge in [0.05, 0.1) is 0 Å². The lowest BCUT2D eigenvalue weighted by Gasteiger charge is -2.28. The SMILES string of the molecule is C[C@H](NC(=O)c1ccc2c(c1)C(=O)c1ccccc1-2)[C@H]1C[C@H]2CC[C@H]1C2. The molecular formula is C23H23NO2. The summed E-state index contributed by atoms with van der Waals surface area (Å²) >= 11 is 0. The van der Waals surface area contributed by atoms with Gasteiger partial charge in [0.25, 0.3) is 5.91 Å². The molecule has 0 heterocycles. The molecule has 1 N–H and O–H groups in total. The minimum Gasteiger partial charge on any atom is -0.349 e. The predicted octanol–water partition coefficient (Wildman–Crippen LogP) is 4.45. The Labute approximate surface area is 153 Å². The number of fused-ring (bicyclic) bond motifs is 5. The molecule has 3 aliphatic rings. The third kappa shape index (κ3) is 2.33. The lowest BCUT2D eigenvalue weighted by Crippen LogP contribution is -2.40. The summed E-state index contributed by atoms with van der Waals surface area (Å²) in [5.41, 5.74) is 3.86. The Bertz CT molecular complexity index is 916. The molecule has 3 nitrogen and oxygen atoms in total. The molecule has 5 rings (SSSR count). The van der Waals surface area contributed by atoms with Crippen molar-refractivity contribution in [2.75, 3.05) is 0 Å². The summed E-state index contributed by atoms with van der Waals surface area (Å²) in [6.45, 7) is 2.14. The van der Waals surface area contributed by atoms with Crippen molar-refractivity contribution in [1.82, 2.24) is 5.32 Å². The highest BCUT2D eigenvalue weighted by Crippen LogP contribution is 2.49. The van der Waals surface area contributed by atoms with E-state index in [0.717, 1.165) is 28.5 Å². The third-order valence-electron chi connectivity index (χ3n) is 6.78. The van der Waals surface area contributed by atoms with Crippen LogP contribution in [0, 0.1) is 17.8 Å². The fourth-order valence-corrected chi connectivity index (χ4v) is 5.47. The quantitative estimate of drug-likeness (QED) is 0.762. The van der Waals surface area contributed by atoms with Crippen molar-refractivity contribution in [3.05, 3.63) is 59.2 Å². The summed E-state index contributed by atoms with van der Waals surface area (Å²) < 4.78 is 0. The maximum absolute atomic E-state index is 12.8. The van der Waals surface area contributed by atoms with Crippen molar-refractivity contribution in [2.45, 2.75) is 38.6 Å². The number of amides is 1. The first-order valence-corrected chi connectivity index (χ1v) is 9.71. The third-order valence-corrected chi connectivity index (χ3v) is 6.78. The second kappa shape index (κ2) is 5.80. The molecule has 2 aromatic rings. The van der Waals surface area contributed by atoms with E-state index >= 15 is 0 Å². The second-order valence-electron chi connectivity index (χ2n) is 8.24. The van der Waals surface area contributed by atoms with Gasteiger partial charge in [0.15, 0.2) is 5.78 Å². The summed E-state index contributed by atoms with van der Waals surface area (Å²) in [7, 11) is 0. The molecule has 0 unspecified atom stereocenters. The van der Waals surface area contributed by atoms with Gasteiger partial charge >= 0.3 is 0 Å². The van der Waals surface area contributed by atoms with E-state index in [2.05, 4.69) is 12.2 Å². The van der Waals surface area contributed by atoms with Crippen LogP contribution in [0.1, 0.15) is 58.9 Å². The molecular weight excluding hydrogens is 322 g/mol. The molecule has 2 aromatic carbocycles. The van der Waals surface area contributed by atoms with E-state index in [1.165, 1.54) is 25.7 Å². The number of hydrogen-bond acceptors (Lipinski definition) is 2. The van der Waals surface area contributed by atoms with Gasteiger partial charge in [-0.2, -0.15) is 0 Å². The summed E-state index contributed by atoms with van der Waals surface area (Å²) in [5.74, 6) is 2.23. The van der Waals surface area contributed by atoms with Gasteiger partial charge in [-0.05, 0) is 67.2 Å². The molecule has 0 radical (unpaired) electrons. The maximum atomic E-state index is 12.8. The van der Waals surface area contributed by atoms with E-state index in [1.54, 1.807) is 6.07 Å². The van der Waals surface area contributed by atoms with Crippen LogP contribution >= 0.6 is 0 Å². The van der Waals surface area contributed by atoms with Crippen molar-refractivity contribution in [3.63, 3.8) is 0 Å². The van der Waals surface area contributed by atoms with Gasteiger partial charge in [0.1, 0.15) is 0 Å². The zero-order valence-electron chi connectivity index (χ0n) is 15.0. The van der Waals surface area contributed by atoms with Crippen molar-refractivity contribution in [3.8, 4) is 11.1 Å². The van der Waals surface area contributed by atoms with Crippen LogP contribution in [0.2, 0.25) is 0 Å². The largest absolute Gasteiger partial charge is 0.349 e. The molecule has 0 aliphatic heterocycles. The summed E-state index contributed by atoms with van der Waals surface area (Å²) in [4.78, 5) is 25.4. The standard InChI is InChI=1S/C23H23NO2/c1-13(20-11-14-6-7-15(20)10-14)24-23(26)16-8-9-18-17-4-2-3-5-19(17)22(25)21(18)12-16/h2-5,8-9,12-15,20H,6-7,10-11H2,1H3,(H,24,26)/t13-,14-,15-,20+/m0/s1. The van der Waals surface area contributed by atoms with Gasteiger partial charge in [0.2, 0.25) is 0 Å². The molecule has 1 amide bonds. The van der Waals surface area contributed by atoms with Crippen molar-refractivity contribution in [1.29, 1.82) is 0 Å². The topological polar surface area (TPSA) is 46.2 Å². The fourth-order valence-electron chi connectivity index (χ4n) is 5.47. The van der Waals surface area contributed by atoms with E-state index in [-0.39, 0.29) is 17.7 Å². The molecule has 2 saturated carbocycles. The van der Waals surface area contributed by atoms with Gasteiger partial charge in [-0.3, -0.25) is 9.59 Å². The fraction of sp³-hybridized carbons (Fsp3) is 0.391. The van der Waals surface area contributed by atoms with E-state index in [9.17, 15) is 9.59 Å². The number of nitrogens with one attached hydrogen (secondary N) is 1. The molecule has 2 bridgehead atoms. The Kier molecular flexibility index (Phi) is 3.53. The number of carbonyl (C=O) groups excluding carboxylic acids is 2. The van der Waals surface area contributed by atoms with Crippen LogP contribution in [-0.4, -0.2) is 17.7 Å². The van der Waals surface area contributed by atoms with Gasteiger partial charge in [-0.25, -0.2) is 0 Å². The zero-order valence-corrected chi connectivity index (χ0v) is 15.0. The highest BCUT2D eigenvalue weighted by atomic mass is 16.1. The minimum absolute atomic E-state index is 0.0198. The molecule has 26 heavy (non-hydrogen) atoms. The lowest BCUT2D eigenvalue weighted by molar-refractivity contribution is 0.0915. The Hall–Kier alpha value is -2.42. The smallest absolute Gasteiger partial charge is 0.251 e. The Morgan fingerprint density at radius 3 is 2.50 bits per heavy atom. The van der Waals surface area contributed by atoms with Crippen LogP contribution in [0.4, 0.5) is 0 Å². The van der Waals surface area contributed by atoms with Crippen LogP contribution in [0.25, 0.3) is 11.1 Å². The molecule has 0 spiro atoms. The first kappa shape index (κ1) is 15.8. The van der Waals surface area contributed by atoms with Gasteiger partial charge in [-0.15, -0.1) is 0 Å². The monoisotopic (exact) mass is 345 g/mol. The average Bonchev–Trinajstić information content (AvgIpc) is 3.36. The molecule has 132 valence electrons. The Balaban J connectivity index is 1.37. The lowest BCUT2D eigenvalue weighted by atomic mass is 9.84. The Morgan fingerprint density at radius 2 is 1.77 bits per heavy atom. The van der Waals surface area contributed by atoms with Crippen molar-refractivity contribution >= 4 is 11.7 Å². The van der Waals surface area contributed by atoms with Gasteiger partial charge in [0, 0.05) is 22.7 Å². The van der Waals surface area contributed by atoms with Gasteiger partial charge in [-0.1, -0.05) is 36.8 Å². The van der Waals surface area contributed by atoms with Gasteiger partial charge < -0.3 is 5.32 Å². The minimum atomic E-state index is -0.0631. The molecule has 0 saturated heterocycles. The number of benzene rings is 2. The second-order valence-corrected chi connectivity index (χ2v) is 8.24. The van der Waals surface area contributed by atoms with Crippen LogP contribution in [0.15, 0.2) is 42.5 Å². The Morgan fingerprint density at radius 1 is 1.00 bits per heavy atom. The normalized spacial score (nSPS) is 26.5. The van der Waals surface area contributed by atoms with Crippen LogP contribution in [-0.2, 0) is 0 Å². The number of ketones is 1. The van der Waals surface area contributed by atoms with Crippen LogP contribution < -0.4 is 5.32 Å². The van der Waals surface area contributed by atoms with E-state index in [4.69, 9.17) is 0 Å². The average molecular weight is 345 g/mol. The molecule has 4 atom stereocenters. The van der Waals surface area contributed by atoms with E-state index in [0.29, 0.717) is 17.0 Å². The first-order valence-electron chi connectivity index (χ1n) is 9.71. The van der Waals surface area contributed by atoms with E-state index < -0.39 is 0 Å². The highest BCUT2D eigenvalue weighted by molar-refractivity contribution is 6.22. The van der Waals surface area contributed by atoms with Crippen LogP contribution in [0.5, 0.6) is 0 Å². The summed E-state index contributed by atoms with van der Waals surface area (Å²) in [5, 5.41) is 3.20. The molecule has 3 aliphatic carbocycles. The molecule has 0 aromatic heterocycles. The van der Waals surface area contributed by atoms with Crippen molar-refractivity contribution in [2.24, 2.45) is 17.8 Å². The molecule has 3 heteroatoms. The zero-order chi connectivity index (χ0) is 17.8. The summed E-state index contributed by atoms with van der Waals surface area (Å²) in [6.07, 6.45) is 5.29. The van der Waals surface area contributed by atoms with E-state index in [1.807, 2.05) is 36.4 Å². The highest BCUT2D eigenvalue weighted by Gasteiger charge is 2.42. The number of rotatable bonds is 3. The number of carbonyl (C=O) groups is 2. The molecule has 2 fully saturated rings. The van der Waals surface area contributed by atoms with Crippen molar-refractivity contribution < 1.29 is 9.59 Å². The first-order chi connectivity index (χ1) is 12.6. The van der Waals surface area contributed by atoms with Crippen LogP contribution in [0.3, 0.4) is 0 Å². The maximum Gasteiger partial charge on any atom is 0.251 e. The number of hydrogen-bond donors (Lipinski definition) is 1. The summed E-state index contributed by atoms with van der Waals surface area (Å²) in [6, 6.07) is 13.4. The predicted molar refractivity (Wildman–Crippen MR) is 101 cm³/mol.